The molecule has 0 atom stereocenters. The van der Waals surface area contributed by atoms with Gasteiger partial charge in [0.25, 0.3) is 0 Å². The highest BCUT2D eigenvalue weighted by atomic mass is 16.4. The van der Waals surface area contributed by atoms with Crippen molar-refractivity contribution in [3.63, 3.8) is 0 Å². The molecule has 1 N–H and O–H groups in total. The SMILES string of the molecule is Cc1ccc(-c2cn(CC(=O)O)nc2C)c(C)c1. The van der Waals surface area contributed by atoms with Crippen molar-refractivity contribution in [3.05, 3.63) is 41.2 Å². The van der Waals surface area contributed by atoms with Crippen molar-refractivity contribution >= 4 is 5.97 Å². The molecule has 1 heterocycles. The Kier molecular flexibility index (Phi) is 3.19. The highest BCUT2D eigenvalue weighted by Gasteiger charge is 2.11. The second kappa shape index (κ2) is 4.64. The molecule has 2 aromatic rings. The van der Waals surface area contributed by atoms with E-state index in [0.29, 0.717) is 0 Å². The molecule has 0 unspecified atom stereocenters. The van der Waals surface area contributed by atoms with Crippen molar-refractivity contribution in [1.82, 2.24) is 9.78 Å². The number of carboxylic acids is 1. The lowest BCUT2D eigenvalue weighted by atomic mass is 10.00. The fraction of sp³-hybridized carbons (Fsp3) is 0.286. The third-order valence-corrected chi connectivity index (χ3v) is 2.92. The number of rotatable bonds is 3. The predicted octanol–water partition coefficient (Wildman–Crippen LogP) is 2.56. The number of carboxylic acid groups (broad SMARTS) is 1. The lowest BCUT2D eigenvalue weighted by molar-refractivity contribution is -0.137. The Morgan fingerprint density at radius 2 is 2.00 bits per heavy atom. The van der Waals surface area contributed by atoms with Gasteiger partial charge in [-0.2, -0.15) is 5.10 Å². The zero-order chi connectivity index (χ0) is 13.3. The molecule has 1 aromatic heterocycles. The van der Waals surface area contributed by atoms with Gasteiger partial charge in [-0.15, -0.1) is 0 Å². The van der Waals surface area contributed by atoms with Crippen LogP contribution < -0.4 is 0 Å². The molecular weight excluding hydrogens is 228 g/mol. The number of carbonyl (C=O) groups is 1. The summed E-state index contributed by atoms with van der Waals surface area (Å²) in [5.74, 6) is -0.885. The van der Waals surface area contributed by atoms with E-state index in [0.717, 1.165) is 16.8 Å². The van der Waals surface area contributed by atoms with Crippen LogP contribution in [0.5, 0.6) is 0 Å². The van der Waals surface area contributed by atoms with Crippen LogP contribution in [0.25, 0.3) is 11.1 Å². The van der Waals surface area contributed by atoms with Crippen molar-refractivity contribution in [2.24, 2.45) is 0 Å². The van der Waals surface area contributed by atoms with Gasteiger partial charge in [0, 0.05) is 11.8 Å². The minimum atomic E-state index is -0.885. The monoisotopic (exact) mass is 244 g/mol. The van der Waals surface area contributed by atoms with E-state index in [1.165, 1.54) is 15.8 Å². The Bertz CT molecular complexity index is 600. The van der Waals surface area contributed by atoms with E-state index in [4.69, 9.17) is 5.11 Å². The van der Waals surface area contributed by atoms with Crippen LogP contribution in [0.4, 0.5) is 0 Å². The van der Waals surface area contributed by atoms with Gasteiger partial charge < -0.3 is 5.11 Å². The van der Waals surface area contributed by atoms with E-state index < -0.39 is 5.97 Å². The topological polar surface area (TPSA) is 55.1 Å². The number of aromatic nitrogens is 2. The second-order valence-corrected chi connectivity index (χ2v) is 4.54. The van der Waals surface area contributed by atoms with Crippen LogP contribution in [-0.4, -0.2) is 20.9 Å². The summed E-state index contributed by atoms with van der Waals surface area (Å²) >= 11 is 0. The third kappa shape index (κ3) is 2.42. The van der Waals surface area contributed by atoms with E-state index in [1.54, 1.807) is 6.20 Å². The van der Waals surface area contributed by atoms with Gasteiger partial charge in [0.05, 0.1) is 5.69 Å². The van der Waals surface area contributed by atoms with Crippen molar-refractivity contribution in [2.45, 2.75) is 27.3 Å². The predicted molar refractivity (Wildman–Crippen MR) is 69.5 cm³/mol. The van der Waals surface area contributed by atoms with Gasteiger partial charge in [0.15, 0.2) is 0 Å². The Morgan fingerprint density at radius 1 is 1.28 bits per heavy atom. The molecule has 0 radical (unpaired) electrons. The van der Waals surface area contributed by atoms with Crippen LogP contribution in [0.2, 0.25) is 0 Å². The normalized spacial score (nSPS) is 10.6. The van der Waals surface area contributed by atoms with Gasteiger partial charge in [-0.1, -0.05) is 23.8 Å². The minimum Gasteiger partial charge on any atom is -0.480 e. The number of hydrogen-bond acceptors (Lipinski definition) is 2. The summed E-state index contributed by atoms with van der Waals surface area (Å²) < 4.78 is 1.46. The lowest BCUT2D eigenvalue weighted by Crippen LogP contribution is -2.08. The molecule has 0 aliphatic rings. The molecule has 0 saturated heterocycles. The van der Waals surface area contributed by atoms with Gasteiger partial charge in [-0.25, -0.2) is 0 Å². The van der Waals surface area contributed by atoms with E-state index in [2.05, 4.69) is 37.1 Å². The molecule has 0 fully saturated rings. The first-order chi connectivity index (χ1) is 8.47. The number of aryl methyl sites for hydroxylation is 3. The number of aliphatic carboxylic acids is 1. The molecule has 0 amide bonds. The summed E-state index contributed by atoms with van der Waals surface area (Å²) in [5, 5.41) is 13.0. The molecule has 0 spiro atoms. The minimum absolute atomic E-state index is 0.105. The van der Waals surface area contributed by atoms with E-state index in [9.17, 15) is 4.79 Å². The first-order valence-electron chi connectivity index (χ1n) is 5.81. The summed E-state index contributed by atoms with van der Waals surface area (Å²) in [6, 6.07) is 6.22. The summed E-state index contributed by atoms with van der Waals surface area (Å²) in [7, 11) is 0. The first kappa shape index (κ1) is 12.4. The Hall–Kier alpha value is -2.10. The largest absolute Gasteiger partial charge is 0.480 e. The standard InChI is InChI=1S/C14H16N2O2/c1-9-4-5-12(10(2)6-9)13-7-16(8-14(17)18)15-11(13)3/h4-7H,8H2,1-3H3,(H,17,18). The molecule has 4 nitrogen and oxygen atoms in total. The number of nitrogens with zero attached hydrogens (tertiary/aromatic N) is 2. The van der Waals surface area contributed by atoms with Gasteiger partial charge in [-0.05, 0) is 31.9 Å². The average Bonchev–Trinajstić information content (AvgIpc) is 2.58. The molecule has 18 heavy (non-hydrogen) atoms. The van der Waals surface area contributed by atoms with E-state index in [-0.39, 0.29) is 6.54 Å². The lowest BCUT2D eigenvalue weighted by Gasteiger charge is -2.05. The van der Waals surface area contributed by atoms with Crippen molar-refractivity contribution in [1.29, 1.82) is 0 Å². The maximum absolute atomic E-state index is 10.7. The van der Waals surface area contributed by atoms with Gasteiger partial charge >= 0.3 is 5.97 Å². The smallest absolute Gasteiger partial charge is 0.325 e. The molecule has 1 aromatic carbocycles. The molecule has 94 valence electrons. The van der Waals surface area contributed by atoms with Crippen LogP contribution in [0, 0.1) is 20.8 Å². The molecule has 0 aliphatic heterocycles. The van der Waals surface area contributed by atoms with Crippen molar-refractivity contribution < 1.29 is 9.90 Å². The van der Waals surface area contributed by atoms with Crippen LogP contribution in [0.15, 0.2) is 24.4 Å². The quantitative estimate of drug-likeness (QED) is 0.902. The van der Waals surface area contributed by atoms with Crippen molar-refractivity contribution in [2.75, 3.05) is 0 Å². The van der Waals surface area contributed by atoms with Crippen molar-refractivity contribution in [3.8, 4) is 11.1 Å². The Morgan fingerprint density at radius 3 is 2.61 bits per heavy atom. The third-order valence-electron chi connectivity index (χ3n) is 2.92. The molecule has 0 bridgehead atoms. The second-order valence-electron chi connectivity index (χ2n) is 4.54. The van der Waals surface area contributed by atoms with Gasteiger partial charge in [0.1, 0.15) is 6.54 Å². The zero-order valence-corrected chi connectivity index (χ0v) is 10.8. The van der Waals surface area contributed by atoms with E-state index >= 15 is 0 Å². The average molecular weight is 244 g/mol. The Balaban J connectivity index is 2.44. The fourth-order valence-corrected chi connectivity index (χ4v) is 2.12. The van der Waals surface area contributed by atoms with Gasteiger partial charge in [-0.3, -0.25) is 9.48 Å². The molecule has 0 saturated carbocycles. The summed E-state index contributed by atoms with van der Waals surface area (Å²) in [4.78, 5) is 10.7. The molecular formula is C14H16N2O2. The Labute approximate surface area is 106 Å². The van der Waals surface area contributed by atoms with Crippen LogP contribution >= 0.6 is 0 Å². The zero-order valence-electron chi connectivity index (χ0n) is 10.8. The molecule has 2 rings (SSSR count). The summed E-state index contributed by atoms with van der Waals surface area (Å²) in [5.41, 5.74) is 5.34. The summed E-state index contributed by atoms with van der Waals surface area (Å²) in [6.07, 6.45) is 1.79. The molecule has 4 heteroatoms. The van der Waals surface area contributed by atoms with Gasteiger partial charge in [0.2, 0.25) is 0 Å². The summed E-state index contributed by atoms with van der Waals surface area (Å²) in [6.45, 7) is 5.90. The highest BCUT2D eigenvalue weighted by Crippen LogP contribution is 2.26. The number of hydrogen-bond donors (Lipinski definition) is 1. The van der Waals surface area contributed by atoms with Crippen LogP contribution in [0.3, 0.4) is 0 Å². The fourth-order valence-electron chi connectivity index (χ4n) is 2.12. The number of benzene rings is 1. The molecule has 0 aliphatic carbocycles. The highest BCUT2D eigenvalue weighted by molar-refractivity contribution is 5.70. The maximum Gasteiger partial charge on any atom is 0.325 e. The van der Waals surface area contributed by atoms with Crippen LogP contribution in [-0.2, 0) is 11.3 Å². The van der Waals surface area contributed by atoms with E-state index in [1.807, 2.05) is 6.92 Å². The van der Waals surface area contributed by atoms with Crippen LogP contribution in [0.1, 0.15) is 16.8 Å². The first-order valence-corrected chi connectivity index (χ1v) is 5.81. The maximum atomic E-state index is 10.7.